The van der Waals surface area contributed by atoms with E-state index in [-0.39, 0.29) is 0 Å². The number of anilines is 1. The highest BCUT2D eigenvalue weighted by Gasteiger charge is 2.15. The molecule has 112 valence electrons. The molecule has 1 aliphatic rings. The maximum Gasteiger partial charge on any atom is 0.206 e. The van der Waals surface area contributed by atoms with Crippen molar-refractivity contribution in [3.05, 3.63) is 34.9 Å². The maximum atomic E-state index is 5.98. The Morgan fingerprint density at radius 1 is 1.43 bits per heavy atom. The molecular weight excluding hydrogens is 326 g/mol. The summed E-state index contributed by atoms with van der Waals surface area (Å²) in [4.78, 5) is 0. The van der Waals surface area contributed by atoms with E-state index in [4.69, 9.17) is 16.3 Å². The Balaban J connectivity index is 1.48. The van der Waals surface area contributed by atoms with E-state index in [1.807, 2.05) is 18.2 Å². The predicted molar refractivity (Wildman–Crippen MR) is 88.4 cm³/mol. The predicted octanol–water partition coefficient (Wildman–Crippen LogP) is 4.07. The molecule has 0 amide bonds. The second kappa shape index (κ2) is 7.45. The van der Waals surface area contributed by atoms with Crippen LogP contribution in [0.2, 0.25) is 5.02 Å². The lowest BCUT2D eigenvalue weighted by Gasteiger charge is -2.08. The van der Waals surface area contributed by atoms with Crippen LogP contribution in [0.15, 0.2) is 28.6 Å². The average molecular weight is 342 g/mol. The van der Waals surface area contributed by atoms with E-state index in [1.54, 1.807) is 23.1 Å². The Kier molecular flexibility index (Phi) is 5.35. The van der Waals surface area contributed by atoms with Crippen molar-refractivity contribution in [1.29, 1.82) is 0 Å². The second-order valence-corrected chi connectivity index (χ2v) is 7.44. The molecule has 2 heterocycles. The van der Waals surface area contributed by atoms with E-state index < -0.39 is 0 Å². The lowest BCUT2D eigenvalue weighted by molar-refractivity contribution is 0.120. The van der Waals surface area contributed by atoms with Gasteiger partial charge in [0.15, 0.2) is 4.34 Å². The summed E-state index contributed by atoms with van der Waals surface area (Å²) in [5.74, 6) is 0.848. The van der Waals surface area contributed by atoms with Gasteiger partial charge in [-0.05, 0) is 30.5 Å². The van der Waals surface area contributed by atoms with Gasteiger partial charge in [-0.3, -0.25) is 0 Å². The number of nitrogens with zero attached hydrogens (tertiary/aromatic N) is 2. The van der Waals surface area contributed by atoms with E-state index >= 15 is 0 Å². The Morgan fingerprint density at radius 3 is 3.19 bits per heavy atom. The molecule has 1 fully saturated rings. The van der Waals surface area contributed by atoms with Gasteiger partial charge in [-0.1, -0.05) is 46.8 Å². The third-order valence-electron chi connectivity index (χ3n) is 3.16. The summed E-state index contributed by atoms with van der Waals surface area (Å²) in [7, 11) is 0. The fourth-order valence-corrected chi connectivity index (χ4v) is 4.03. The van der Waals surface area contributed by atoms with Crippen LogP contribution in [-0.4, -0.2) is 29.5 Å². The van der Waals surface area contributed by atoms with Gasteiger partial charge < -0.3 is 10.1 Å². The minimum Gasteiger partial charge on any atom is -0.376 e. The summed E-state index contributed by atoms with van der Waals surface area (Å²) in [5, 5.41) is 13.3. The first-order chi connectivity index (χ1) is 10.3. The highest BCUT2D eigenvalue weighted by molar-refractivity contribution is 8.00. The smallest absolute Gasteiger partial charge is 0.206 e. The van der Waals surface area contributed by atoms with Crippen molar-refractivity contribution < 1.29 is 4.74 Å². The fraction of sp³-hybridized carbons (Fsp3) is 0.429. The summed E-state index contributed by atoms with van der Waals surface area (Å²) in [6.07, 6.45) is 2.60. The molecule has 3 rings (SSSR count). The van der Waals surface area contributed by atoms with Gasteiger partial charge >= 0.3 is 0 Å². The molecule has 1 saturated heterocycles. The lowest BCUT2D eigenvalue weighted by Crippen LogP contribution is -2.18. The monoisotopic (exact) mass is 341 g/mol. The number of hydrogen-bond donors (Lipinski definition) is 1. The molecule has 0 spiro atoms. The van der Waals surface area contributed by atoms with E-state index in [2.05, 4.69) is 21.6 Å². The molecule has 2 aromatic rings. The van der Waals surface area contributed by atoms with Crippen molar-refractivity contribution in [2.24, 2.45) is 0 Å². The molecule has 4 nitrogen and oxygen atoms in total. The van der Waals surface area contributed by atoms with Crippen molar-refractivity contribution in [2.75, 3.05) is 18.5 Å². The van der Waals surface area contributed by atoms with Crippen molar-refractivity contribution in [3.63, 3.8) is 0 Å². The SMILES string of the molecule is Clc1cccc(CSc2nnc(NCC3CCCO3)s2)c1. The molecule has 0 saturated carbocycles. The van der Waals surface area contributed by atoms with Gasteiger partial charge in [-0.2, -0.15) is 0 Å². The minimum atomic E-state index is 0.316. The first-order valence-corrected chi connectivity index (χ1v) is 9.04. The Labute approximate surface area is 137 Å². The standard InChI is InChI=1S/C14H16ClN3OS2/c15-11-4-1-3-10(7-11)9-20-14-18-17-13(21-14)16-8-12-5-2-6-19-12/h1,3-4,7,12H,2,5-6,8-9H2,(H,16,17). The Hall–Kier alpha value is -0.820. The van der Waals surface area contributed by atoms with E-state index in [0.717, 1.165) is 46.2 Å². The second-order valence-electron chi connectivity index (χ2n) is 4.81. The third kappa shape index (κ3) is 4.57. The molecule has 0 bridgehead atoms. The lowest BCUT2D eigenvalue weighted by atomic mass is 10.2. The molecule has 7 heteroatoms. The van der Waals surface area contributed by atoms with Gasteiger partial charge in [0.05, 0.1) is 6.10 Å². The van der Waals surface area contributed by atoms with Crippen LogP contribution < -0.4 is 5.32 Å². The Morgan fingerprint density at radius 2 is 2.38 bits per heavy atom. The molecule has 1 aromatic heterocycles. The first kappa shape index (κ1) is 15.1. The van der Waals surface area contributed by atoms with Crippen LogP contribution >= 0.6 is 34.7 Å². The number of thioether (sulfide) groups is 1. The van der Waals surface area contributed by atoms with Crippen LogP contribution in [0.1, 0.15) is 18.4 Å². The normalized spacial score (nSPS) is 18.0. The first-order valence-electron chi connectivity index (χ1n) is 6.86. The van der Waals surface area contributed by atoms with Gasteiger partial charge in [-0.15, -0.1) is 10.2 Å². The van der Waals surface area contributed by atoms with E-state index in [9.17, 15) is 0 Å². The van der Waals surface area contributed by atoms with Crippen molar-refractivity contribution in [3.8, 4) is 0 Å². The van der Waals surface area contributed by atoms with E-state index in [0.29, 0.717) is 6.10 Å². The van der Waals surface area contributed by atoms with E-state index in [1.165, 1.54) is 5.56 Å². The molecule has 1 aromatic carbocycles. The molecule has 21 heavy (non-hydrogen) atoms. The van der Waals surface area contributed by atoms with Crippen molar-refractivity contribution in [2.45, 2.75) is 29.0 Å². The number of ether oxygens (including phenoxy) is 1. The van der Waals surface area contributed by atoms with Gasteiger partial charge in [0.2, 0.25) is 5.13 Å². The summed E-state index contributed by atoms with van der Waals surface area (Å²) in [6, 6.07) is 7.89. The zero-order valence-electron chi connectivity index (χ0n) is 11.4. The summed E-state index contributed by atoms with van der Waals surface area (Å²) in [6.45, 7) is 1.69. The summed E-state index contributed by atoms with van der Waals surface area (Å²) >= 11 is 9.23. The molecule has 0 radical (unpaired) electrons. The average Bonchev–Trinajstić information content (AvgIpc) is 3.15. The highest BCUT2D eigenvalue weighted by Crippen LogP contribution is 2.29. The number of nitrogens with one attached hydrogen (secondary N) is 1. The highest BCUT2D eigenvalue weighted by atomic mass is 35.5. The largest absolute Gasteiger partial charge is 0.376 e. The maximum absolute atomic E-state index is 5.98. The molecule has 1 N–H and O–H groups in total. The van der Waals surface area contributed by atoms with Crippen LogP contribution in [0.4, 0.5) is 5.13 Å². The molecular formula is C14H16ClN3OS2. The number of benzene rings is 1. The zero-order valence-corrected chi connectivity index (χ0v) is 13.8. The summed E-state index contributed by atoms with van der Waals surface area (Å²) < 4.78 is 6.54. The van der Waals surface area contributed by atoms with Crippen LogP contribution in [0.5, 0.6) is 0 Å². The Bertz CT molecular complexity index is 587. The topological polar surface area (TPSA) is 47.0 Å². The van der Waals surface area contributed by atoms with Crippen molar-refractivity contribution in [1.82, 2.24) is 10.2 Å². The van der Waals surface area contributed by atoms with Gasteiger partial charge in [0, 0.05) is 23.9 Å². The number of aromatic nitrogens is 2. The zero-order chi connectivity index (χ0) is 14.5. The van der Waals surface area contributed by atoms with Gasteiger partial charge in [-0.25, -0.2) is 0 Å². The third-order valence-corrected chi connectivity index (χ3v) is 5.48. The number of halogens is 1. The van der Waals surface area contributed by atoms with Crippen LogP contribution in [-0.2, 0) is 10.5 Å². The van der Waals surface area contributed by atoms with Crippen LogP contribution in [0.25, 0.3) is 0 Å². The molecule has 1 atom stereocenters. The number of rotatable bonds is 6. The van der Waals surface area contributed by atoms with Gasteiger partial charge in [0.25, 0.3) is 0 Å². The quantitative estimate of drug-likeness (QED) is 0.802. The van der Waals surface area contributed by atoms with Crippen LogP contribution in [0.3, 0.4) is 0 Å². The molecule has 1 aliphatic heterocycles. The van der Waals surface area contributed by atoms with Gasteiger partial charge in [0.1, 0.15) is 0 Å². The van der Waals surface area contributed by atoms with Crippen LogP contribution in [0, 0.1) is 0 Å². The molecule has 0 aliphatic carbocycles. The molecule has 1 unspecified atom stereocenters. The van der Waals surface area contributed by atoms with Crippen molar-refractivity contribution >= 4 is 39.8 Å². The fourth-order valence-electron chi connectivity index (χ4n) is 2.12. The minimum absolute atomic E-state index is 0.316. The summed E-state index contributed by atoms with van der Waals surface area (Å²) in [5.41, 5.74) is 1.19. The number of hydrogen-bond acceptors (Lipinski definition) is 6.